The molecule has 0 spiro atoms. The number of pyridine rings is 4. The number of rotatable bonds is 4. The van der Waals surface area contributed by atoms with E-state index in [0.29, 0.717) is 38.9 Å². The van der Waals surface area contributed by atoms with Gasteiger partial charge in [-0.1, -0.05) is 135 Å². The summed E-state index contributed by atoms with van der Waals surface area (Å²) in [5, 5.41) is 1.30. The lowest BCUT2D eigenvalue weighted by molar-refractivity contribution is -0.660. The zero-order valence-electron chi connectivity index (χ0n) is 58.6. The van der Waals surface area contributed by atoms with Gasteiger partial charge in [0.15, 0.2) is 31.4 Å². The third-order valence-electron chi connectivity index (χ3n) is 16.1. The number of hydrogen-bond acceptors (Lipinski definition) is 4. The lowest BCUT2D eigenvalue weighted by Crippen LogP contribution is -2.30. The average Bonchev–Trinajstić information content (AvgIpc) is 1.83. The van der Waals surface area contributed by atoms with Gasteiger partial charge in [0, 0.05) is 71.7 Å². The van der Waals surface area contributed by atoms with Crippen LogP contribution in [0.5, 0.6) is 17.2 Å². The van der Waals surface area contributed by atoms with Crippen LogP contribution in [0.25, 0.3) is 56.0 Å². The van der Waals surface area contributed by atoms with Gasteiger partial charge in [0.2, 0.25) is 29.5 Å². The van der Waals surface area contributed by atoms with E-state index in [1.54, 1.807) is 0 Å². The van der Waals surface area contributed by atoms with Crippen LogP contribution < -0.4 is 43.2 Å². The summed E-state index contributed by atoms with van der Waals surface area (Å²) in [6, 6.07) is 43.6. The summed E-state index contributed by atoms with van der Waals surface area (Å²) in [6.45, 7) is 43.0. The third-order valence-corrected chi connectivity index (χ3v) is 16.1. The van der Waals surface area contributed by atoms with Crippen molar-refractivity contribution in [3.63, 3.8) is 0 Å². The molecule has 462 valence electrons. The highest BCUT2D eigenvalue weighted by Crippen LogP contribution is 2.53. The Hall–Kier alpha value is -7.32. The monoisotopic (exact) mass is 1180 g/mol. The fraction of sp³-hybridized carbons (Fsp3) is 0.395. The van der Waals surface area contributed by atoms with Crippen LogP contribution in [-0.2, 0) is 34.6 Å². The molecule has 11 heterocycles. The average molecular weight is 1180 g/mol. The molecule has 1 aliphatic carbocycles. The quantitative estimate of drug-likeness (QED) is 0.130. The van der Waals surface area contributed by atoms with E-state index in [9.17, 15) is 0 Å². The number of benzene rings is 4. The molecule has 0 bridgehead atoms. The van der Waals surface area contributed by atoms with Gasteiger partial charge in [-0.15, -0.1) is 0 Å². The largest absolute Gasteiger partial charge is 0.569 e. The number of furan rings is 1. The van der Waals surface area contributed by atoms with Gasteiger partial charge < -0.3 is 18.5 Å². The Morgan fingerprint density at radius 1 is 0.432 bits per heavy atom. The van der Waals surface area contributed by atoms with Crippen molar-refractivity contribution in [2.75, 3.05) is 0 Å². The zero-order chi connectivity index (χ0) is 65.1. The summed E-state index contributed by atoms with van der Waals surface area (Å²) in [4.78, 5) is 0. The molecule has 8 nitrogen and oxygen atoms in total. The molecular formula is C76H106B4N4O4+4. The first-order valence-corrected chi connectivity index (χ1v) is 33.7. The van der Waals surface area contributed by atoms with Crippen molar-refractivity contribution in [1.29, 1.82) is 0 Å². The second-order valence-electron chi connectivity index (χ2n) is 21.2. The second kappa shape index (κ2) is 33.9. The number of ether oxygens (including phenoxy) is 1. The molecule has 0 amide bonds. The first-order chi connectivity index (χ1) is 42.9. The van der Waals surface area contributed by atoms with Gasteiger partial charge in [-0.2, -0.15) is 0 Å². The molecule has 3 fully saturated rings. The molecule has 2 unspecified atom stereocenters. The van der Waals surface area contributed by atoms with Crippen LogP contribution in [-0.4, -0.2) is 33.0 Å². The lowest BCUT2D eigenvalue weighted by Gasteiger charge is -2.10. The predicted molar refractivity (Wildman–Crippen MR) is 380 cm³/mol. The summed E-state index contributed by atoms with van der Waals surface area (Å²) in [6.07, 6.45) is 13.0. The van der Waals surface area contributed by atoms with Crippen molar-refractivity contribution in [3.05, 3.63) is 185 Å². The Morgan fingerprint density at radius 2 is 0.852 bits per heavy atom. The van der Waals surface area contributed by atoms with Crippen molar-refractivity contribution >= 4 is 48.9 Å². The maximum Gasteiger partial charge on any atom is 0.364 e. The highest BCUT2D eigenvalue weighted by Gasteiger charge is 2.56. The summed E-state index contributed by atoms with van der Waals surface area (Å²) < 4.78 is 32.2. The Labute approximate surface area is 534 Å². The smallest absolute Gasteiger partial charge is 0.364 e. The van der Waals surface area contributed by atoms with E-state index < -0.39 is 0 Å². The van der Waals surface area contributed by atoms with Gasteiger partial charge in [-0.25, -0.2) is 18.3 Å². The third kappa shape index (κ3) is 15.9. The first kappa shape index (κ1) is 71.4. The Morgan fingerprint density at radius 3 is 1.33 bits per heavy atom. The van der Waals surface area contributed by atoms with Gasteiger partial charge in [-0.05, 0) is 134 Å². The Balaban J connectivity index is 0.000000198. The molecule has 0 N–H and O–H groups in total. The molecular weight excluding hydrogens is 1080 g/mol. The van der Waals surface area contributed by atoms with Gasteiger partial charge in [0.25, 0.3) is 0 Å². The van der Waals surface area contributed by atoms with Crippen molar-refractivity contribution in [2.24, 2.45) is 28.2 Å². The molecule has 7 aliphatic rings. The van der Waals surface area contributed by atoms with E-state index in [0.717, 1.165) is 29.3 Å². The van der Waals surface area contributed by atoms with E-state index in [1.165, 1.54) is 119 Å². The highest BCUT2D eigenvalue weighted by molar-refractivity contribution is 7.44. The fourth-order valence-corrected chi connectivity index (χ4v) is 11.6. The molecule has 2 atom stereocenters. The van der Waals surface area contributed by atoms with E-state index in [4.69, 9.17) is 18.5 Å². The number of aryl methyl sites for hydroxylation is 8. The van der Waals surface area contributed by atoms with Gasteiger partial charge in [0.1, 0.15) is 51.0 Å². The molecule has 0 radical (unpaired) electrons. The van der Waals surface area contributed by atoms with Gasteiger partial charge in [0.05, 0.1) is 34.0 Å². The van der Waals surface area contributed by atoms with E-state index in [-0.39, 0.29) is 0 Å². The van der Waals surface area contributed by atoms with Crippen LogP contribution in [0.4, 0.5) is 0 Å². The number of fused-ring (bicyclic) bond motifs is 12. The maximum atomic E-state index is 5.93. The molecule has 88 heavy (non-hydrogen) atoms. The van der Waals surface area contributed by atoms with Crippen molar-refractivity contribution in [3.8, 4) is 62.3 Å². The fourth-order valence-electron chi connectivity index (χ4n) is 11.6. The molecule has 5 aromatic heterocycles. The van der Waals surface area contributed by atoms with Gasteiger partial charge in [-0.3, -0.25) is 0 Å². The molecule has 9 aromatic rings. The minimum Gasteiger partial charge on any atom is -0.569 e. The standard InChI is InChI=1S/C16H14NO.2C15H15BNO.C14H14B2NO.8C2H6/c2*1-10-7-12-13-9-16(13)18-15(12)8-11(10)14-5-3-4-6-17(14)2;1-10-7-12-14(18-15-9-16(12)15)8-11(10)13-5-3-4-6-17(13)2;1-10-7-12-14(18-16-9-15(12)16)8-11(10)13-5-3-4-6-17(13)2;8*1-2/h3-8H,9H2,1-2H3;3-8,13H,9H2,1-2H3;3-8,15H,9H2,1-2H3;3-8H,9H2,1-2H3;8*1-2H3/q4*+1;;;;;;;;. The van der Waals surface area contributed by atoms with Crippen LogP contribution in [0, 0.1) is 27.7 Å². The number of aromatic nitrogens is 4. The van der Waals surface area contributed by atoms with Crippen molar-refractivity contribution < 1.29 is 36.7 Å². The molecule has 4 aromatic carbocycles. The molecule has 3 saturated heterocycles. The topological polar surface area (TPSA) is 56.4 Å². The second-order valence-corrected chi connectivity index (χ2v) is 21.2. The minimum atomic E-state index is 0.471. The molecule has 0 saturated carbocycles. The summed E-state index contributed by atoms with van der Waals surface area (Å²) in [5.41, 5.74) is 22.0. The molecule has 16 rings (SSSR count). The summed E-state index contributed by atoms with van der Waals surface area (Å²) in [5.74, 6) is 5.14. The zero-order valence-corrected chi connectivity index (χ0v) is 58.6. The van der Waals surface area contributed by atoms with Crippen LogP contribution >= 0.6 is 0 Å². The van der Waals surface area contributed by atoms with Crippen LogP contribution in [0.2, 0.25) is 18.9 Å². The van der Waals surface area contributed by atoms with Crippen LogP contribution in [0.15, 0.2) is 151 Å². The van der Waals surface area contributed by atoms with E-state index in [1.807, 2.05) is 117 Å². The summed E-state index contributed by atoms with van der Waals surface area (Å²) >= 11 is 0. The van der Waals surface area contributed by atoms with E-state index >= 15 is 0 Å². The molecule has 12 heteroatoms. The van der Waals surface area contributed by atoms with E-state index in [2.05, 4.69) is 214 Å². The maximum absolute atomic E-state index is 5.93. The highest BCUT2D eigenvalue weighted by atomic mass is 16.5. The number of hydrogen-bond donors (Lipinski definition) is 0. The van der Waals surface area contributed by atoms with Crippen LogP contribution in [0.3, 0.4) is 0 Å². The Kier molecular flexibility index (Phi) is 27.5. The minimum absolute atomic E-state index is 0.471. The number of nitrogens with zero attached hydrogens (tertiary/aromatic N) is 4. The predicted octanol–water partition coefficient (Wildman–Crippen LogP) is 16.6. The van der Waals surface area contributed by atoms with Gasteiger partial charge >= 0.3 is 13.7 Å². The normalized spacial score (nSPS) is 14.1. The summed E-state index contributed by atoms with van der Waals surface area (Å²) in [7, 11) is 8.32. The van der Waals surface area contributed by atoms with Crippen molar-refractivity contribution in [2.45, 2.75) is 176 Å². The lowest BCUT2D eigenvalue weighted by atomic mass is 9.47. The first-order valence-electron chi connectivity index (χ1n) is 33.7. The Bertz CT molecular complexity index is 3440. The van der Waals surface area contributed by atoms with Crippen LogP contribution in [0.1, 0.15) is 156 Å². The van der Waals surface area contributed by atoms with Crippen molar-refractivity contribution in [1.82, 2.24) is 0 Å². The molecule has 6 aliphatic heterocycles. The SMILES string of the molecule is CC.CC.CC.CC.CC.CC.CC.CC.Cc1cc2c(cc1-c1cccc[n+]1C)OB1CB12.Cc1cc2c(cc1-c1cccc[n+]1C)OB1CC12.Cc1cc2c(cc1-c1cccc[n+]1C)OC1CB21.Cc1cc2c3c(oc2cc1-c1cccc[n+]1C)C3.